The molecule has 0 aromatic heterocycles. The Morgan fingerprint density at radius 2 is 1.45 bits per heavy atom. The molecular formula is C15H16O5. The Morgan fingerprint density at radius 3 is 1.90 bits per heavy atom. The SMILES string of the molecule is CC(=O)OCC(=CC(=O)c1ccccc1)COC(C)=O. The van der Waals surface area contributed by atoms with Crippen LogP contribution in [0, 0.1) is 0 Å². The topological polar surface area (TPSA) is 69.7 Å². The van der Waals surface area contributed by atoms with Crippen molar-refractivity contribution >= 4 is 17.7 Å². The summed E-state index contributed by atoms with van der Waals surface area (Å²) in [6.07, 6.45) is 1.32. The summed E-state index contributed by atoms with van der Waals surface area (Å²) in [6.45, 7) is 2.37. The Labute approximate surface area is 117 Å². The number of ketones is 1. The first-order valence-electron chi connectivity index (χ1n) is 6.04. The minimum absolute atomic E-state index is 0.0822. The molecular weight excluding hydrogens is 260 g/mol. The number of hydrogen-bond acceptors (Lipinski definition) is 5. The summed E-state index contributed by atoms with van der Waals surface area (Å²) in [4.78, 5) is 33.6. The van der Waals surface area contributed by atoms with Gasteiger partial charge in [-0.25, -0.2) is 0 Å². The predicted molar refractivity (Wildman–Crippen MR) is 72.1 cm³/mol. The van der Waals surface area contributed by atoms with Crippen molar-refractivity contribution in [3.63, 3.8) is 0 Å². The van der Waals surface area contributed by atoms with E-state index >= 15 is 0 Å². The Bertz CT molecular complexity index is 496. The lowest BCUT2D eigenvalue weighted by Gasteiger charge is -2.08. The molecule has 5 heteroatoms. The fourth-order valence-corrected chi connectivity index (χ4v) is 1.38. The molecule has 20 heavy (non-hydrogen) atoms. The first kappa shape index (κ1) is 15.6. The number of benzene rings is 1. The van der Waals surface area contributed by atoms with Crippen LogP contribution in [0.2, 0.25) is 0 Å². The van der Waals surface area contributed by atoms with Gasteiger partial charge in [-0.1, -0.05) is 30.3 Å². The maximum atomic E-state index is 12.0. The molecule has 106 valence electrons. The highest BCUT2D eigenvalue weighted by Gasteiger charge is 2.08. The molecule has 0 amide bonds. The number of ether oxygens (including phenoxy) is 2. The van der Waals surface area contributed by atoms with Gasteiger partial charge in [0.25, 0.3) is 0 Å². The molecule has 0 radical (unpaired) electrons. The van der Waals surface area contributed by atoms with Crippen molar-refractivity contribution in [1.82, 2.24) is 0 Å². The first-order valence-corrected chi connectivity index (χ1v) is 6.04. The van der Waals surface area contributed by atoms with Gasteiger partial charge in [0, 0.05) is 25.0 Å². The van der Waals surface area contributed by atoms with Crippen LogP contribution in [0.5, 0.6) is 0 Å². The number of carbonyl (C=O) groups is 3. The van der Waals surface area contributed by atoms with E-state index in [9.17, 15) is 14.4 Å². The highest BCUT2D eigenvalue weighted by molar-refractivity contribution is 6.04. The van der Waals surface area contributed by atoms with Crippen molar-refractivity contribution in [3.05, 3.63) is 47.5 Å². The molecule has 0 aliphatic carbocycles. The van der Waals surface area contributed by atoms with E-state index in [0.717, 1.165) is 0 Å². The lowest BCUT2D eigenvalue weighted by Crippen LogP contribution is -2.12. The van der Waals surface area contributed by atoms with Crippen LogP contribution in [0.25, 0.3) is 0 Å². The minimum Gasteiger partial charge on any atom is -0.461 e. The average Bonchev–Trinajstić information content (AvgIpc) is 2.42. The third-order valence-electron chi connectivity index (χ3n) is 2.32. The fourth-order valence-electron chi connectivity index (χ4n) is 1.38. The van der Waals surface area contributed by atoms with Gasteiger partial charge in [0.05, 0.1) is 0 Å². The maximum Gasteiger partial charge on any atom is 0.302 e. The van der Waals surface area contributed by atoms with Gasteiger partial charge in [-0.2, -0.15) is 0 Å². The van der Waals surface area contributed by atoms with Gasteiger partial charge in [-0.3, -0.25) is 14.4 Å². The third kappa shape index (κ3) is 5.95. The molecule has 1 aromatic rings. The van der Waals surface area contributed by atoms with Crippen molar-refractivity contribution in [2.45, 2.75) is 13.8 Å². The third-order valence-corrected chi connectivity index (χ3v) is 2.32. The quantitative estimate of drug-likeness (QED) is 0.451. The molecule has 0 fully saturated rings. The summed E-state index contributed by atoms with van der Waals surface area (Å²) in [5.41, 5.74) is 0.930. The van der Waals surface area contributed by atoms with Crippen LogP contribution in [-0.4, -0.2) is 30.9 Å². The Kier molecular flexibility index (Phi) is 6.16. The number of rotatable bonds is 6. The van der Waals surface area contributed by atoms with Crippen LogP contribution < -0.4 is 0 Å². The molecule has 5 nitrogen and oxygen atoms in total. The highest BCUT2D eigenvalue weighted by atomic mass is 16.5. The van der Waals surface area contributed by atoms with E-state index < -0.39 is 11.9 Å². The van der Waals surface area contributed by atoms with Crippen molar-refractivity contribution in [2.75, 3.05) is 13.2 Å². The van der Waals surface area contributed by atoms with Crippen molar-refractivity contribution < 1.29 is 23.9 Å². The number of allylic oxidation sites excluding steroid dienone is 1. The smallest absolute Gasteiger partial charge is 0.302 e. The van der Waals surface area contributed by atoms with E-state index in [1.165, 1.54) is 19.9 Å². The van der Waals surface area contributed by atoms with Crippen LogP contribution in [0.1, 0.15) is 24.2 Å². The van der Waals surface area contributed by atoms with Gasteiger partial charge in [0.1, 0.15) is 13.2 Å². The standard InChI is InChI=1S/C15H16O5/c1-11(16)19-9-13(10-20-12(2)17)8-15(18)14-6-4-3-5-7-14/h3-8H,9-10H2,1-2H3. The zero-order chi connectivity index (χ0) is 15.0. The van der Waals surface area contributed by atoms with Crippen molar-refractivity contribution in [3.8, 4) is 0 Å². The van der Waals surface area contributed by atoms with Gasteiger partial charge in [-0.05, 0) is 6.08 Å². The zero-order valence-electron chi connectivity index (χ0n) is 11.4. The maximum absolute atomic E-state index is 12.0. The van der Waals surface area contributed by atoms with Crippen LogP contribution in [-0.2, 0) is 19.1 Å². The van der Waals surface area contributed by atoms with E-state index in [2.05, 4.69) is 0 Å². The molecule has 0 atom stereocenters. The molecule has 0 saturated heterocycles. The van der Waals surface area contributed by atoms with Crippen LogP contribution in [0.4, 0.5) is 0 Å². The Hall–Kier alpha value is -2.43. The predicted octanol–water partition coefficient (Wildman–Crippen LogP) is 1.92. The second kappa shape index (κ2) is 7.89. The van der Waals surface area contributed by atoms with Gasteiger partial charge in [-0.15, -0.1) is 0 Å². The lowest BCUT2D eigenvalue weighted by molar-refractivity contribution is -0.141. The Balaban J connectivity index is 2.79. The summed E-state index contributed by atoms with van der Waals surface area (Å²) < 4.78 is 9.64. The second-order valence-electron chi connectivity index (χ2n) is 4.09. The van der Waals surface area contributed by atoms with Gasteiger partial charge >= 0.3 is 11.9 Å². The molecule has 0 saturated carbocycles. The minimum atomic E-state index is -0.467. The number of hydrogen-bond donors (Lipinski definition) is 0. The summed E-state index contributed by atoms with van der Waals surface area (Å²) in [5, 5.41) is 0. The van der Waals surface area contributed by atoms with E-state index in [0.29, 0.717) is 11.1 Å². The van der Waals surface area contributed by atoms with Gasteiger partial charge < -0.3 is 9.47 Å². The van der Waals surface area contributed by atoms with E-state index in [1.807, 2.05) is 0 Å². The molecule has 1 aromatic carbocycles. The average molecular weight is 276 g/mol. The first-order chi connectivity index (χ1) is 9.49. The molecule has 0 heterocycles. The molecule has 0 aliphatic rings. The zero-order valence-corrected chi connectivity index (χ0v) is 11.4. The molecule has 1 rings (SSSR count). The summed E-state index contributed by atoms with van der Waals surface area (Å²) >= 11 is 0. The van der Waals surface area contributed by atoms with Crippen LogP contribution >= 0.6 is 0 Å². The van der Waals surface area contributed by atoms with Gasteiger partial charge in [0.2, 0.25) is 0 Å². The van der Waals surface area contributed by atoms with Crippen LogP contribution in [0.3, 0.4) is 0 Å². The monoisotopic (exact) mass is 276 g/mol. The highest BCUT2D eigenvalue weighted by Crippen LogP contribution is 2.05. The normalized spacial score (nSPS) is 9.50. The van der Waals surface area contributed by atoms with E-state index in [-0.39, 0.29) is 19.0 Å². The lowest BCUT2D eigenvalue weighted by atomic mass is 10.1. The second-order valence-corrected chi connectivity index (χ2v) is 4.09. The van der Waals surface area contributed by atoms with Crippen molar-refractivity contribution in [2.24, 2.45) is 0 Å². The summed E-state index contributed by atoms with van der Waals surface area (Å²) in [7, 11) is 0. The van der Waals surface area contributed by atoms with E-state index in [4.69, 9.17) is 9.47 Å². The molecule has 0 unspecified atom stereocenters. The van der Waals surface area contributed by atoms with Crippen LogP contribution in [0.15, 0.2) is 42.0 Å². The molecule has 0 bridgehead atoms. The fraction of sp³-hybridized carbons (Fsp3) is 0.267. The Morgan fingerprint density at radius 1 is 0.950 bits per heavy atom. The number of esters is 2. The molecule has 0 N–H and O–H groups in total. The van der Waals surface area contributed by atoms with Crippen molar-refractivity contribution in [1.29, 1.82) is 0 Å². The van der Waals surface area contributed by atoms with E-state index in [1.54, 1.807) is 30.3 Å². The molecule has 0 aliphatic heterocycles. The van der Waals surface area contributed by atoms with Gasteiger partial charge in [0.15, 0.2) is 5.78 Å². The number of carbonyl (C=O) groups excluding carboxylic acids is 3. The largest absolute Gasteiger partial charge is 0.461 e. The summed E-state index contributed by atoms with van der Waals surface area (Å²) in [6, 6.07) is 8.65. The summed E-state index contributed by atoms with van der Waals surface area (Å²) in [5.74, 6) is -1.17. The molecule has 0 spiro atoms.